The van der Waals surface area contributed by atoms with Crippen LogP contribution in [-0.4, -0.2) is 28.2 Å². The van der Waals surface area contributed by atoms with Gasteiger partial charge in [-0.05, 0) is 25.0 Å². The standard InChI is InChI=1S/C14H21NO2S/c1-17-13-8-5-9-15-14(13)12(16)10-18-11-6-3-2-4-7-11/h5,8-9,11-12,16H,2-4,6-7,10H2,1H3. The van der Waals surface area contributed by atoms with Crippen LogP contribution in [0.3, 0.4) is 0 Å². The lowest BCUT2D eigenvalue weighted by atomic mass is 10.0. The van der Waals surface area contributed by atoms with Gasteiger partial charge in [-0.2, -0.15) is 11.8 Å². The lowest BCUT2D eigenvalue weighted by molar-refractivity contribution is 0.193. The molecule has 3 nitrogen and oxygen atoms in total. The highest BCUT2D eigenvalue weighted by Gasteiger charge is 2.19. The molecule has 1 unspecified atom stereocenters. The fraction of sp³-hybridized carbons (Fsp3) is 0.643. The Kier molecular flexibility index (Phi) is 5.32. The molecule has 0 radical (unpaired) electrons. The van der Waals surface area contributed by atoms with Crippen LogP contribution in [0.5, 0.6) is 5.75 Å². The normalized spacial score (nSPS) is 18.6. The highest BCUT2D eigenvalue weighted by molar-refractivity contribution is 7.99. The summed E-state index contributed by atoms with van der Waals surface area (Å²) in [6.07, 6.45) is 7.78. The second-order valence-corrected chi connectivity index (χ2v) is 6.03. The van der Waals surface area contributed by atoms with Crippen molar-refractivity contribution in [3.8, 4) is 5.75 Å². The van der Waals surface area contributed by atoms with Crippen molar-refractivity contribution in [2.45, 2.75) is 43.5 Å². The van der Waals surface area contributed by atoms with Crippen LogP contribution in [0.25, 0.3) is 0 Å². The van der Waals surface area contributed by atoms with Crippen molar-refractivity contribution in [1.82, 2.24) is 4.98 Å². The van der Waals surface area contributed by atoms with E-state index in [0.717, 1.165) is 0 Å². The van der Waals surface area contributed by atoms with Gasteiger partial charge in [-0.15, -0.1) is 0 Å². The van der Waals surface area contributed by atoms with Crippen LogP contribution >= 0.6 is 11.8 Å². The first kappa shape index (κ1) is 13.7. The van der Waals surface area contributed by atoms with Crippen molar-refractivity contribution in [3.05, 3.63) is 24.0 Å². The van der Waals surface area contributed by atoms with Crippen molar-refractivity contribution in [1.29, 1.82) is 0 Å². The number of hydrogen-bond donors (Lipinski definition) is 1. The Balaban J connectivity index is 1.88. The van der Waals surface area contributed by atoms with E-state index in [4.69, 9.17) is 4.74 Å². The lowest BCUT2D eigenvalue weighted by Gasteiger charge is -2.22. The predicted octanol–water partition coefficient (Wildman–Crippen LogP) is 3.19. The van der Waals surface area contributed by atoms with Crippen LogP contribution < -0.4 is 4.74 Å². The quantitative estimate of drug-likeness (QED) is 0.889. The SMILES string of the molecule is COc1cccnc1C(O)CSC1CCCCC1. The van der Waals surface area contributed by atoms with Gasteiger partial charge in [-0.25, -0.2) is 0 Å². The number of ether oxygens (including phenoxy) is 1. The number of nitrogens with zero attached hydrogens (tertiary/aromatic N) is 1. The highest BCUT2D eigenvalue weighted by Crippen LogP contribution is 2.32. The minimum atomic E-state index is -0.534. The molecule has 18 heavy (non-hydrogen) atoms. The average molecular weight is 267 g/mol. The minimum absolute atomic E-state index is 0.534. The van der Waals surface area contributed by atoms with Crippen molar-refractivity contribution in [3.63, 3.8) is 0 Å². The molecule has 1 fully saturated rings. The Morgan fingerprint density at radius 3 is 2.94 bits per heavy atom. The highest BCUT2D eigenvalue weighted by atomic mass is 32.2. The van der Waals surface area contributed by atoms with Gasteiger partial charge in [0.25, 0.3) is 0 Å². The molecule has 2 rings (SSSR count). The van der Waals surface area contributed by atoms with Gasteiger partial charge in [-0.1, -0.05) is 19.3 Å². The zero-order chi connectivity index (χ0) is 12.8. The Labute approximate surface area is 113 Å². The van der Waals surface area contributed by atoms with E-state index in [9.17, 15) is 5.11 Å². The van der Waals surface area contributed by atoms with E-state index in [1.165, 1.54) is 32.1 Å². The van der Waals surface area contributed by atoms with E-state index in [1.807, 2.05) is 23.9 Å². The Morgan fingerprint density at radius 2 is 2.22 bits per heavy atom. The van der Waals surface area contributed by atoms with Gasteiger partial charge in [0.2, 0.25) is 0 Å². The number of aromatic nitrogens is 1. The topological polar surface area (TPSA) is 42.4 Å². The fourth-order valence-corrected chi connectivity index (χ4v) is 3.64. The van der Waals surface area contributed by atoms with Crippen molar-refractivity contribution in [2.75, 3.05) is 12.9 Å². The molecule has 1 aromatic heterocycles. The van der Waals surface area contributed by atoms with Crippen LogP contribution in [0.2, 0.25) is 0 Å². The van der Waals surface area contributed by atoms with E-state index < -0.39 is 6.10 Å². The summed E-state index contributed by atoms with van der Waals surface area (Å²) in [4.78, 5) is 4.22. The van der Waals surface area contributed by atoms with E-state index in [0.29, 0.717) is 22.4 Å². The van der Waals surface area contributed by atoms with Crippen LogP contribution in [-0.2, 0) is 0 Å². The summed E-state index contributed by atoms with van der Waals surface area (Å²) < 4.78 is 5.23. The molecule has 0 bridgehead atoms. The average Bonchev–Trinajstić information content (AvgIpc) is 2.45. The summed E-state index contributed by atoms with van der Waals surface area (Å²) in [7, 11) is 1.61. The maximum atomic E-state index is 10.2. The molecule has 0 spiro atoms. The molecule has 1 atom stereocenters. The van der Waals surface area contributed by atoms with Crippen LogP contribution in [0.1, 0.15) is 43.9 Å². The Hall–Kier alpha value is -0.740. The molecule has 1 aromatic rings. The molecular formula is C14H21NO2S. The molecule has 1 saturated carbocycles. The monoisotopic (exact) mass is 267 g/mol. The first-order valence-corrected chi connectivity index (χ1v) is 7.64. The molecule has 1 aliphatic rings. The molecule has 0 aromatic carbocycles. The third-order valence-corrected chi connectivity index (χ3v) is 4.83. The van der Waals surface area contributed by atoms with E-state index in [1.54, 1.807) is 13.3 Å². The third-order valence-electron chi connectivity index (χ3n) is 3.38. The van der Waals surface area contributed by atoms with Gasteiger partial charge >= 0.3 is 0 Å². The van der Waals surface area contributed by atoms with Gasteiger partial charge < -0.3 is 9.84 Å². The van der Waals surface area contributed by atoms with Gasteiger partial charge in [0.05, 0.1) is 7.11 Å². The molecule has 4 heteroatoms. The number of methoxy groups -OCH3 is 1. The number of thioether (sulfide) groups is 1. The van der Waals surface area contributed by atoms with Gasteiger partial charge in [0, 0.05) is 17.2 Å². The minimum Gasteiger partial charge on any atom is -0.495 e. The molecule has 0 saturated heterocycles. The fourth-order valence-electron chi connectivity index (χ4n) is 2.36. The lowest BCUT2D eigenvalue weighted by Crippen LogP contribution is -2.12. The number of rotatable bonds is 5. The van der Waals surface area contributed by atoms with E-state index in [-0.39, 0.29) is 0 Å². The second kappa shape index (κ2) is 7.00. The summed E-state index contributed by atoms with van der Waals surface area (Å²) in [5, 5.41) is 10.9. The van der Waals surface area contributed by atoms with E-state index >= 15 is 0 Å². The predicted molar refractivity (Wildman–Crippen MR) is 75.1 cm³/mol. The molecule has 100 valence electrons. The molecule has 0 amide bonds. The molecule has 1 heterocycles. The van der Waals surface area contributed by atoms with Crippen LogP contribution in [0.4, 0.5) is 0 Å². The second-order valence-electron chi connectivity index (χ2n) is 4.70. The van der Waals surface area contributed by atoms with Crippen LogP contribution in [0, 0.1) is 0 Å². The first-order chi connectivity index (χ1) is 8.81. The summed E-state index contributed by atoms with van der Waals surface area (Å²) in [6, 6.07) is 3.67. The van der Waals surface area contributed by atoms with Crippen molar-refractivity contribution < 1.29 is 9.84 Å². The maximum Gasteiger partial charge on any atom is 0.143 e. The summed E-state index contributed by atoms with van der Waals surface area (Å²) >= 11 is 1.87. The maximum absolute atomic E-state index is 10.2. The van der Waals surface area contributed by atoms with Gasteiger partial charge in [0.1, 0.15) is 17.5 Å². The summed E-state index contributed by atoms with van der Waals surface area (Å²) in [5.74, 6) is 1.38. The number of aliphatic hydroxyl groups excluding tert-OH is 1. The number of hydrogen-bond acceptors (Lipinski definition) is 4. The largest absolute Gasteiger partial charge is 0.495 e. The zero-order valence-electron chi connectivity index (χ0n) is 10.8. The summed E-state index contributed by atoms with van der Waals surface area (Å²) in [5.41, 5.74) is 0.656. The Morgan fingerprint density at radius 1 is 1.44 bits per heavy atom. The smallest absolute Gasteiger partial charge is 0.143 e. The number of aliphatic hydroxyl groups is 1. The van der Waals surface area contributed by atoms with Gasteiger partial charge in [-0.3, -0.25) is 4.98 Å². The molecule has 1 aliphatic carbocycles. The van der Waals surface area contributed by atoms with Gasteiger partial charge in [0.15, 0.2) is 0 Å². The summed E-state index contributed by atoms with van der Waals surface area (Å²) in [6.45, 7) is 0. The Bertz CT molecular complexity index is 367. The van der Waals surface area contributed by atoms with Crippen molar-refractivity contribution in [2.24, 2.45) is 0 Å². The zero-order valence-corrected chi connectivity index (χ0v) is 11.7. The van der Waals surface area contributed by atoms with E-state index in [2.05, 4.69) is 4.98 Å². The molecule has 0 aliphatic heterocycles. The molecular weight excluding hydrogens is 246 g/mol. The molecule has 1 N–H and O–H groups in total. The number of pyridine rings is 1. The third kappa shape index (κ3) is 3.62. The first-order valence-electron chi connectivity index (χ1n) is 6.60. The van der Waals surface area contributed by atoms with Crippen LogP contribution in [0.15, 0.2) is 18.3 Å². The van der Waals surface area contributed by atoms with Crippen molar-refractivity contribution >= 4 is 11.8 Å².